The van der Waals surface area contributed by atoms with Crippen LogP contribution in [0.25, 0.3) is 0 Å². The molecule has 2 N–H and O–H groups in total. The second-order valence-corrected chi connectivity index (χ2v) is 7.72. The lowest BCUT2D eigenvalue weighted by molar-refractivity contribution is 0.0376. The molecule has 1 saturated heterocycles. The topological polar surface area (TPSA) is 58.1 Å². The number of nitrogens with zero attached hydrogens (tertiary/aromatic N) is 2. The van der Waals surface area contributed by atoms with Crippen molar-refractivity contribution in [2.75, 3.05) is 45.9 Å². The van der Waals surface area contributed by atoms with Gasteiger partial charge in [0.25, 0.3) is 0 Å². The van der Waals surface area contributed by atoms with E-state index in [2.05, 4.69) is 58.9 Å². The first-order valence-electron chi connectivity index (χ1n) is 11.4. The number of aliphatic imine (C=N–C) groups is 1. The fourth-order valence-electron chi connectivity index (χ4n) is 3.45. The third kappa shape index (κ3) is 9.09. The summed E-state index contributed by atoms with van der Waals surface area (Å²) < 4.78 is 11.2. The summed E-state index contributed by atoms with van der Waals surface area (Å²) in [4.78, 5) is 7.19. The molecule has 0 spiro atoms. The Labute approximate surface area is 186 Å². The summed E-state index contributed by atoms with van der Waals surface area (Å²) in [6, 6.07) is 18.8. The van der Waals surface area contributed by atoms with Crippen LogP contribution < -0.4 is 10.6 Å². The minimum absolute atomic E-state index is 0.617. The molecule has 0 radical (unpaired) electrons. The Kier molecular flexibility index (Phi) is 10.4. The first kappa shape index (κ1) is 23.3. The highest BCUT2D eigenvalue weighted by atomic mass is 16.5. The zero-order valence-electron chi connectivity index (χ0n) is 18.7. The highest BCUT2D eigenvalue weighted by molar-refractivity contribution is 5.79. The summed E-state index contributed by atoms with van der Waals surface area (Å²) in [6.45, 7) is 10.7. The Hall–Kier alpha value is -2.41. The van der Waals surface area contributed by atoms with Crippen LogP contribution in [0.15, 0.2) is 59.6 Å². The van der Waals surface area contributed by atoms with Crippen molar-refractivity contribution in [1.29, 1.82) is 0 Å². The molecule has 0 amide bonds. The van der Waals surface area contributed by atoms with Gasteiger partial charge in [-0.15, -0.1) is 0 Å². The summed E-state index contributed by atoms with van der Waals surface area (Å²) in [5, 5.41) is 6.78. The van der Waals surface area contributed by atoms with Gasteiger partial charge in [0.15, 0.2) is 5.96 Å². The monoisotopic (exact) mass is 424 g/mol. The predicted molar refractivity (Wildman–Crippen MR) is 126 cm³/mol. The Bertz CT molecular complexity index is 759. The third-order valence-corrected chi connectivity index (χ3v) is 5.21. The maximum atomic E-state index is 5.82. The molecule has 0 aromatic heterocycles. The molecule has 6 nitrogen and oxygen atoms in total. The molecule has 0 atom stereocenters. The van der Waals surface area contributed by atoms with Gasteiger partial charge >= 0.3 is 0 Å². The van der Waals surface area contributed by atoms with Crippen molar-refractivity contribution in [3.8, 4) is 0 Å². The van der Waals surface area contributed by atoms with E-state index in [0.717, 1.165) is 58.3 Å². The van der Waals surface area contributed by atoms with Crippen LogP contribution >= 0.6 is 0 Å². The molecule has 1 aliphatic rings. The lowest BCUT2D eigenvalue weighted by Gasteiger charge is -2.26. The molecule has 2 aromatic rings. The molecular weight excluding hydrogens is 388 g/mol. The maximum Gasteiger partial charge on any atom is 0.191 e. The average molecular weight is 425 g/mol. The summed E-state index contributed by atoms with van der Waals surface area (Å²) in [7, 11) is 0. The first-order chi connectivity index (χ1) is 15.3. The molecule has 168 valence electrons. The van der Waals surface area contributed by atoms with Gasteiger partial charge < -0.3 is 20.1 Å². The average Bonchev–Trinajstić information content (AvgIpc) is 2.82. The summed E-state index contributed by atoms with van der Waals surface area (Å²) in [5.74, 6) is 0.875. The van der Waals surface area contributed by atoms with E-state index in [9.17, 15) is 0 Å². The van der Waals surface area contributed by atoms with Crippen LogP contribution in [0, 0.1) is 0 Å². The van der Waals surface area contributed by atoms with Crippen LogP contribution in [0.5, 0.6) is 0 Å². The lowest BCUT2D eigenvalue weighted by Crippen LogP contribution is -2.40. The van der Waals surface area contributed by atoms with Gasteiger partial charge in [0.05, 0.1) is 33.0 Å². The Balaban J connectivity index is 1.37. The van der Waals surface area contributed by atoms with Gasteiger partial charge in [0, 0.05) is 26.2 Å². The smallest absolute Gasteiger partial charge is 0.191 e. The molecule has 0 saturated carbocycles. The van der Waals surface area contributed by atoms with Crippen molar-refractivity contribution in [3.63, 3.8) is 0 Å². The van der Waals surface area contributed by atoms with E-state index in [4.69, 9.17) is 14.5 Å². The highest BCUT2D eigenvalue weighted by Crippen LogP contribution is 2.09. The van der Waals surface area contributed by atoms with E-state index >= 15 is 0 Å². The summed E-state index contributed by atoms with van der Waals surface area (Å²) in [6.07, 6.45) is 1.10. The molecule has 0 bridgehead atoms. The van der Waals surface area contributed by atoms with Crippen LogP contribution in [0.3, 0.4) is 0 Å². The van der Waals surface area contributed by atoms with E-state index in [0.29, 0.717) is 19.8 Å². The quantitative estimate of drug-likeness (QED) is 0.330. The fourth-order valence-corrected chi connectivity index (χ4v) is 3.45. The van der Waals surface area contributed by atoms with Crippen LogP contribution in [0.1, 0.15) is 30.0 Å². The van der Waals surface area contributed by atoms with Crippen molar-refractivity contribution in [3.05, 3.63) is 71.3 Å². The number of nitrogens with one attached hydrogen (secondary N) is 2. The number of hydrogen-bond donors (Lipinski definition) is 2. The van der Waals surface area contributed by atoms with E-state index in [1.54, 1.807) is 0 Å². The Morgan fingerprint density at radius 2 is 1.61 bits per heavy atom. The number of hydrogen-bond acceptors (Lipinski definition) is 4. The van der Waals surface area contributed by atoms with E-state index in [1.165, 1.54) is 16.7 Å². The van der Waals surface area contributed by atoms with Crippen molar-refractivity contribution < 1.29 is 9.47 Å². The molecular formula is C25H36N4O2. The number of benzene rings is 2. The highest BCUT2D eigenvalue weighted by Gasteiger charge is 2.09. The second-order valence-electron chi connectivity index (χ2n) is 7.72. The zero-order valence-corrected chi connectivity index (χ0v) is 18.7. The number of rotatable bonds is 11. The van der Waals surface area contributed by atoms with Gasteiger partial charge in [0.2, 0.25) is 0 Å². The molecule has 1 fully saturated rings. The Morgan fingerprint density at radius 1 is 0.935 bits per heavy atom. The van der Waals surface area contributed by atoms with Crippen LogP contribution in [0.2, 0.25) is 0 Å². The zero-order chi connectivity index (χ0) is 21.6. The van der Waals surface area contributed by atoms with Crippen molar-refractivity contribution >= 4 is 5.96 Å². The van der Waals surface area contributed by atoms with Gasteiger partial charge in [-0.05, 0) is 36.6 Å². The van der Waals surface area contributed by atoms with Crippen molar-refractivity contribution in [2.45, 2.75) is 33.1 Å². The first-order valence-corrected chi connectivity index (χ1v) is 11.4. The lowest BCUT2D eigenvalue weighted by atomic mass is 10.1. The van der Waals surface area contributed by atoms with Gasteiger partial charge in [0.1, 0.15) is 0 Å². The largest absolute Gasteiger partial charge is 0.379 e. The molecule has 31 heavy (non-hydrogen) atoms. The van der Waals surface area contributed by atoms with Crippen LogP contribution in [-0.4, -0.2) is 56.8 Å². The molecule has 2 aromatic carbocycles. The number of ether oxygens (including phenoxy) is 2. The number of morpholine rings is 1. The van der Waals surface area contributed by atoms with Crippen LogP contribution in [-0.2, 0) is 29.2 Å². The normalized spacial score (nSPS) is 15.1. The fraction of sp³-hybridized carbons (Fsp3) is 0.480. The second kappa shape index (κ2) is 13.8. The molecule has 3 rings (SSSR count). The van der Waals surface area contributed by atoms with Gasteiger partial charge in [-0.3, -0.25) is 4.90 Å². The van der Waals surface area contributed by atoms with E-state index in [1.807, 2.05) is 18.2 Å². The molecule has 0 aliphatic carbocycles. The molecule has 1 heterocycles. The Morgan fingerprint density at radius 3 is 2.32 bits per heavy atom. The van der Waals surface area contributed by atoms with Crippen molar-refractivity contribution in [1.82, 2.24) is 15.5 Å². The number of guanidine groups is 1. The standard InChI is InChI=1S/C25H36N4O2/c1-2-26-25(27-13-6-14-29-15-17-30-18-16-29)28-19-22-9-11-24(12-10-22)21-31-20-23-7-4-3-5-8-23/h3-5,7-12H,2,6,13-21H2,1H3,(H2,26,27,28). The maximum absolute atomic E-state index is 5.82. The molecule has 6 heteroatoms. The summed E-state index contributed by atoms with van der Waals surface area (Å²) >= 11 is 0. The molecule has 0 unspecified atom stereocenters. The van der Waals surface area contributed by atoms with E-state index in [-0.39, 0.29) is 0 Å². The van der Waals surface area contributed by atoms with Crippen LogP contribution in [0.4, 0.5) is 0 Å². The van der Waals surface area contributed by atoms with E-state index < -0.39 is 0 Å². The minimum Gasteiger partial charge on any atom is -0.379 e. The van der Waals surface area contributed by atoms with Gasteiger partial charge in [-0.25, -0.2) is 4.99 Å². The third-order valence-electron chi connectivity index (χ3n) is 5.21. The summed E-state index contributed by atoms with van der Waals surface area (Å²) in [5.41, 5.74) is 3.57. The predicted octanol–water partition coefficient (Wildman–Crippen LogP) is 3.18. The molecule has 1 aliphatic heterocycles. The van der Waals surface area contributed by atoms with Gasteiger partial charge in [-0.1, -0.05) is 54.6 Å². The van der Waals surface area contributed by atoms with Gasteiger partial charge in [-0.2, -0.15) is 0 Å². The van der Waals surface area contributed by atoms with Crippen molar-refractivity contribution in [2.24, 2.45) is 4.99 Å². The minimum atomic E-state index is 0.617. The SMILES string of the molecule is CCNC(=NCc1ccc(COCc2ccccc2)cc1)NCCCN1CCOCC1.